The van der Waals surface area contributed by atoms with E-state index in [0.29, 0.717) is 18.1 Å². The van der Waals surface area contributed by atoms with Crippen LogP contribution in [0.5, 0.6) is 0 Å². The van der Waals surface area contributed by atoms with Crippen molar-refractivity contribution >= 4 is 28.9 Å². The number of nitrogens with one attached hydrogen (secondary N) is 2. The number of hydrogen-bond donors (Lipinski definition) is 2. The predicted molar refractivity (Wildman–Crippen MR) is 103 cm³/mol. The van der Waals surface area contributed by atoms with E-state index >= 15 is 0 Å². The zero-order chi connectivity index (χ0) is 19.1. The molecule has 0 radical (unpaired) electrons. The molecule has 2 aromatic heterocycles. The molecule has 3 aromatic rings. The standard InChI is InChI=1S/C17H18ClN7O2/c18-14-5-2-1-4-13(14)10-21-17-15(25(26)27)16(22-11-23-17)20-6-3-8-24-9-7-19-12-24/h1-2,4-5,7,9,11-12H,3,6,8,10H2,(H2,20,21,22,23). The van der Waals surface area contributed by atoms with Crippen LogP contribution >= 0.6 is 11.6 Å². The van der Waals surface area contributed by atoms with Gasteiger partial charge in [0, 0.05) is 37.1 Å². The fourth-order valence-corrected chi connectivity index (χ4v) is 2.72. The minimum Gasteiger partial charge on any atom is -0.364 e. The van der Waals surface area contributed by atoms with Gasteiger partial charge >= 0.3 is 5.69 Å². The Morgan fingerprint density at radius 1 is 1.19 bits per heavy atom. The number of aryl methyl sites for hydroxylation is 1. The Morgan fingerprint density at radius 3 is 2.67 bits per heavy atom. The number of nitrogens with zero attached hydrogens (tertiary/aromatic N) is 5. The summed E-state index contributed by atoms with van der Waals surface area (Å²) < 4.78 is 1.94. The van der Waals surface area contributed by atoms with Gasteiger partial charge < -0.3 is 15.2 Å². The summed E-state index contributed by atoms with van der Waals surface area (Å²) in [7, 11) is 0. The van der Waals surface area contributed by atoms with Crippen LogP contribution in [-0.2, 0) is 13.1 Å². The molecule has 27 heavy (non-hydrogen) atoms. The Labute approximate surface area is 160 Å². The lowest BCUT2D eigenvalue weighted by molar-refractivity contribution is -0.383. The maximum Gasteiger partial charge on any atom is 0.353 e. The van der Waals surface area contributed by atoms with Crippen molar-refractivity contribution in [1.82, 2.24) is 19.5 Å². The van der Waals surface area contributed by atoms with Gasteiger partial charge in [0.25, 0.3) is 0 Å². The molecule has 0 aliphatic heterocycles. The SMILES string of the molecule is O=[N+]([O-])c1c(NCCCn2ccnc2)ncnc1NCc1ccccc1Cl. The molecule has 1 aromatic carbocycles. The fraction of sp³-hybridized carbons (Fsp3) is 0.235. The Kier molecular flexibility index (Phi) is 6.16. The van der Waals surface area contributed by atoms with Crippen LogP contribution in [0, 0.1) is 10.1 Å². The first-order valence-electron chi connectivity index (χ1n) is 8.31. The van der Waals surface area contributed by atoms with Crippen molar-refractivity contribution < 1.29 is 4.92 Å². The Bertz CT molecular complexity index is 902. The molecular formula is C17H18ClN7O2. The van der Waals surface area contributed by atoms with Crippen LogP contribution in [0.15, 0.2) is 49.3 Å². The van der Waals surface area contributed by atoms with Crippen LogP contribution in [0.4, 0.5) is 17.3 Å². The molecule has 0 aliphatic rings. The maximum atomic E-state index is 11.5. The van der Waals surface area contributed by atoms with Crippen LogP contribution in [0.2, 0.25) is 5.02 Å². The summed E-state index contributed by atoms with van der Waals surface area (Å²) in [5, 5.41) is 18.1. The monoisotopic (exact) mass is 387 g/mol. The van der Waals surface area contributed by atoms with Crippen molar-refractivity contribution in [1.29, 1.82) is 0 Å². The molecule has 0 unspecified atom stereocenters. The van der Waals surface area contributed by atoms with E-state index in [9.17, 15) is 10.1 Å². The molecule has 0 amide bonds. The van der Waals surface area contributed by atoms with Crippen molar-refractivity contribution in [2.24, 2.45) is 0 Å². The number of rotatable bonds is 9. The smallest absolute Gasteiger partial charge is 0.353 e. The summed E-state index contributed by atoms with van der Waals surface area (Å²) in [5.74, 6) is 0.328. The third-order valence-corrected chi connectivity index (χ3v) is 4.22. The van der Waals surface area contributed by atoms with E-state index in [0.717, 1.165) is 18.5 Å². The van der Waals surface area contributed by atoms with Gasteiger partial charge in [0.05, 0.1) is 11.3 Å². The van der Waals surface area contributed by atoms with Gasteiger partial charge in [0.15, 0.2) is 0 Å². The molecule has 0 spiro atoms. The van der Waals surface area contributed by atoms with Gasteiger partial charge in [-0.15, -0.1) is 0 Å². The second-order valence-corrected chi connectivity index (χ2v) is 6.11. The first-order valence-corrected chi connectivity index (χ1v) is 8.69. The van der Waals surface area contributed by atoms with Crippen LogP contribution < -0.4 is 10.6 Å². The van der Waals surface area contributed by atoms with E-state index in [-0.39, 0.29) is 17.3 Å². The lowest BCUT2D eigenvalue weighted by Crippen LogP contribution is -2.12. The maximum absolute atomic E-state index is 11.5. The molecule has 140 valence electrons. The number of aromatic nitrogens is 4. The molecule has 9 nitrogen and oxygen atoms in total. The van der Waals surface area contributed by atoms with Gasteiger partial charge in [-0.25, -0.2) is 15.0 Å². The van der Waals surface area contributed by atoms with E-state index in [1.807, 2.05) is 29.0 Å². The normalized spacial score (nSPS) is 10.6. The summed E-state index contributed by atoms with van der Waals surface area (Å²) in [6.45, 7) is 1.60. The van der Waals surface area contributed by atoms with Gasteiger partial charge in [-0.3, -0.25) is 10.1 Å². The minimum atomic E-state index is -0.493. The van der Waals surface area contributed by atoms with Gasteiger partial charge in [0.1, 0.15) is 6.33 Å². The molecule has 0 bridgehead atoms. The van der Waals surface area contributed by atoms with Gasteiger partial charge in [0.2, 0.25) is 11.6 Å². The summed E-state index contributed by atoms with van der Waals surface area (Å²) >= 11 is 6.13. The first kappa shape index (κ1) is 18.6. The minimum absolute atomic E-state index is 0.145. The second kappa shape index (κ2) is 8.95. The van der Waals surface area contributed by atoms with Gasteiger partial charge in [-0.2, -0.15) is 0 Å². The predicted octanol–water partition coefficient (Wildman–Crippen LogP) is 3.35. The number of nitro groups is 1. The highest BCUT2D eigenvalue weighted by Crippen LogP contribution is 2.29. The van der Waals surface area contributed by atoms with Crippen molar-refractivity contribution in [3.63, 3.8) is 0 Å². The van der Waals surface area contributed by atoms with Crippen molar-refractivity contribution in [2.45, 2.75) is 19.5 Å². The molecule has 2 N–H and O–H groups in total. The lowest BCUT2D eigenvalue weighted by atomic mass is 10.2. The van der Waals surface area contributed by atoms with E-state index in [4.69, 9.17) is 11.6 Å². The quantitative estimate of drug-likeness (QED) is 0.329. The van der Waals surface area contributed by atoms with E-state index in [2.05, 4.69) is 25.6 Å². The summed E-state index contributed by atoms with van der Waals surface area (Å²) in [6.07, 6.45) is 7.35. The number of halogens is 1. The molecular weight excluding hydrogens is 370 g/mol. The second-order valence-electron chi connectivity index (χ2n) is 5.70. The van der Waals surface area contributed by atoms with Crippen LogP contribution in [0.25, 0.3) is 0 Å². The Morgan fingerprint density at radius 2 is 1.96 bits per heavy atom. The van der Waals surface area contributed by atoms with E-state index in [1.165, 1.54) is 6.33 Å². The average molecular weight is 388 g/mol. The number of benzene rings is 1. The highest BCUT2D eigenvalue weighted by atomic mass is 35.5. The fourth-order valence-electron chi connectivity index (χ4n) is 2.52. The zero-order valence-electron chi connectivity index (χ0n) is 14.4. The Hall–Kier alpha value is -3.20. The summed E-state index contributed by atoms with van der Waals surface area (Å²) in [4.78, 5) is 23.1. The number of imidazole rings is 1. The topological polar surface area (TPSA) is 111 Å². The third-order valence-electron chi connectivity index (χ3n) is 3.85. The third kappa shape index (κ3) is 4.91. The summed E-state index contributed by atoms with van der Waals surface area (Å²) in [5.41, 5.74) is 0.633. The zero-order valence-corrected chi connectivity index (χ0v) is 15.1. The van der Waals surface area contributed by atoms with Crippen molar-refractivity contribution in [3.8, 4) is 0 Å². The first-order chi connectivity index (χ1) is 13.1. The van der Waals surface area contributed by atoms with Crippen LogP contribution in [0.3, 0.4) is 0 Å². The van der Waals surface area contributed by atoms with Crippen molar-refractivity contribution in [3.05, 3.63) is 70.0 Å². The van der Waals surface area contributed by atoms with Gasteiger partial charge in [-0.05, 0) is 18.1 Å². The lowest BCUT2D eigenvalue weighted by Gasteiger charge is -2.11. The van der Waals surface area contributed by atoms with Gasteiger partial charge in [-0.1, -0.05) is 29.8 Å². The molecule has 10 heteroatoms. The van der Waals surface area contributed by atoms with E-state index in [1.54, 1.807) is 18.6 Å². The van der Waals surface area contributed by atoms with Crippen molar-refractivity contribution in [2.75, 3.05) is 17.2 Å². The molecule has 3 rings (SSSR count). The molecule has 0 fully saturated rings. The van der Waals surface area contributed by atoms with E-state index < -0.39 is 4.92 Å². The molecule has 2 heterocycles. The number of anilines is 2. The largest absolute Gasteiger partial charge is 0.364 e. The Balaban J connectivity index is 1.66. The van der Waals surface area contributed by atoms with Crippen LogP contribution in [0.1, 0.15) is 12.0 Å². The highest BCUT2D eigenvalue weighted by Gasteiger charge is 2.22. The average Bonchev–Trinajstić information content (AvgIpc) is 3.18. The molecule has 0 saturated heterocycles. The summed E-state index contributed by atoms with van der Waals surface area (Å²) in [6, 6.07) is 7.28. The molecule has 0 saturated carbocycles. The molecule has 0 aliphatic carbocycles. The van der Waals surface area contributed by atoms with Crippen LogP contribution in [-0.4, -0.2) is 31.0 Å². The number of hydrogen-bond acceptors (Lipinski definition) is 7. The molecule has 0 atom stereocenters. The highest BCUT2D eigenvalue weighted by molar-refractivity contribution is 6.31.